The van der Waals surface area contributed by atoms with Crippen LogP contribution >= 0.6 is 0 Å². The molecule has 3 rings (SSSR count). The summed E-state index contributed by atoms with van der Waals surface area (Å²) in [5.74, 6) is 1.18. The van der Waals surface area contributed by atoms with E-state index >= 15 is 0 Å². The molecule has 3 fully saturated rings. The zero-order valence-corrected chi connectivity index (χ0v) is 4.20. The predicted octanol–water partition coefficient (Wildman–Crippen LogP) is 2.44. The van der Waals surface area contributed by atoms with Crippen LogP contribution in [0.25, 0.3) is 0 Å². The highest BCUT2D eigenvalue weighted by atomic mass is 14.6. The Morgan fingerprint density at radius 3 is 1.57 bits per heavy atom. The van der Waals surface area contributed by atoms with Crippen molar-refractivity contribution >= 4 is 0 Å². The number of hydrogen-bond acceptors (Lipinski definition) is 0. The Hall–Kier alpha value is 0. The minimum atomic E-state index is 0. The van der Waals surface area contributed by atoms with Crippen molar-refractivity contribution in [3.05, 3.63) is 0 Å². The van der Waals surface area contributed by atoms with E-state index in [1.807, 2.05) is 0 Å². The molecule has 0 atom stereocenters. The van der Waals surface area contributed by atoms with Crippen LogP contribution in [0, 0.1) is 11.3 Å². The lowest BCUT2D eigenvalue weighted by atomic mass is 9.46. The summed E-state index contributed by atoms with van der Waals surface area (Å²) >= 11 is 0. The van der Waals surface area contributed by atoms with Gasteiger partial charge in [-0.1, -0.05) is 14.4 Å². The Morgan fingerprint density at radius 1 is 1.29 bits per heavy atom. The second-order valence-corrected chi connectivity index (χ2v) is 3.29. The van der Waals surface area contributed by atoms with Gasteiger partial charge in [0.2, 0.25) is 0 Å². The molecule has 0 unspecified atom stereocenters. The van der Waals surface area contributed by atoms with Crippen LogP contribution in [0.3, 0.4) is 0 Å². The van der Waals surface area contributed by atoms with Gasteiger partial charge in [0.15, 0.2) is 0 Å². The summed E-state index contributed by atoms with van der Waals surface area (Å²) in [4.78, 5) is 0. The van der Waals surface area contributed by atoms with E-state index in [1.165, 1.54) is 5.92 Å². The molecule has 3 aliphatic rings. The van der Waals surface area contributed by atoms with E-state index in [-0.39, 0.29) is 7.43 Å². The Morgan fingerprint density at radius 2 is 1.57 bits per heavy atom. The molecule has 0 spiro atoms. The van der Waals surface area contributed by atoms with Gasteiger partial charge in [0, 0.05) is 0 Å². The molecule has 0 aromatic rings. The molecule has 7 heavy (non-hydrogen) atoms. The van der Waals surface area contributed by atoms with Gasteiger partial charge >= 0.3 is 0 Å². The van der Waals surface area contributed by atoms with E-state index in [0.29, 0.717) is 0 Å². The first-order valence-electron chi connectivity index (χ1n) is 2.79. The van der Waals surface area contributed by atoms with Crippen LogP contribution in [0.15, 0.2) is 0 Å². The first-order valence-corrected chi connectivity index (χ1v) is 2.79. The van der Waals surface area contributed by atoms with Crippen LogP contribution in [0.2, 0.25) is 0 Å². The van der Waals surface area contributed by atoms with Gasteiger partial charge in [0.1, 0.15) is 0 Å². The van der Waals surface area contributed by atoms with Crippen LogP contribution < -0.4 is 0 Å². The third-order valence-electron chi connectivity index (χ3n) is 2.34. The van der Waals surface area contributed by atoms with Crippen LogP contribution in [0.1, 0.15) is 33.6 Å². The summed E-state index contributed by atoms with van der Waals surface area (Å²) < 4.78 is 0. The van der Waals surface area contributed by atoms with Crippen molar-refractivity contribution < 1.29 is 0 Å². The zero-order valence-electron chi connectivity index (χ0n) is 4.20. The average Bonchev–Trinajstić information content (AvgIpc) is 1.24. The fourth-order valence-corrected chi connectivity index (χ4v) is 1.91. The minimum Gasteiger partial charge on any atom is -0.0776 e. The summed E-state index contributed by atoms with van der Waals surface area (Å²) in [6, 6.07) is 0. The Balaban J connectivity index is 0.000000245. The second kappa shape index (κ2) is 1.04. The molecular formula is C7H14. The van der Waals surface area contributed by atoms with E-state index in [9.17, 15) is 0 Å². The monoisotopic (exact) mass is 98.1 g/mol. The predicted molar refractivity (Wildman–Crippen MR) is 32.2 cm³/mol. The standard InChI is InChI=1S/C6H10.CH4/c1-6-2-5(3-6)4-6;/h5H,2-4H2,1H3;1H4. The number of hydrogen-bond donors (Lipinski definition) is 0. The maximum absolute atomic E-state index is 2.40. The number of rotatable bonds is 0. The largest absolute Gasteiger partial charge is 0.0776 e. The summed E-state index contributed by atoms with van der Waals surface area (Å²) in [5, 5.41) is 0. The molecular weight excluding hydrogens is 84.1 g/mol. The minimum absolute atomic E-state index is 0. The van der Waals surface area contributed by atoms with Gasteiger partial charge in [0.25, 0.3) is 0 Å². The molecule has 0 amide bonds. The Labute approximate surface area is 45.9 Å². The summed E-state index contributed by atoms with van der Waals surface area (Å²) in [5.41, 5.74) is 0.866. The van der Waals surface area contributed by atoms with Crippen molar-refractivity contribution in [1.29, 1.82) is 0 Å². The van der Waals surface area contributed by atoms with Crippen molar-refractivity contribution in [2.75, 3.05) is 0 Å². The molecule has 0 aliphatic heterocycles. The van der Waals surface area contributed by atoms with E-state index in [0.717, 1.165) is 5.41 Å². The third kappa shape index (κ3) is 0.427. The third-order valence-corrected chi connectivity index (χ3v) is 2.34. The first-order chi connectivity index (χ1) is 2.79. The fourth-order valence-electron chi connectivity index (χ4n) is 1.91. The average molecular weight is 98.2 g/mol. The highest BCUT2D eigenvalue weighted by Gasteiger charge is 2.52. The van der Waals surface area contributed by atoms with Gasteiger partial charge < -0.3 is 0 Å². The summed E-state index contributed by atoms with van der Waals surface area (Å²) in [7, 11) is 0. The lowest BCUT2D eigenvalue weighted by molar-refractivity contribution is -0.0882. The van der Waals surface area contributed by atoms with Crippen molar-refractivity contribution in [2.24, 2.45) is 11.3 Å². The summed E-state index contributed by atoms with van der Waals surface area (Å²) in [6.45, 7) is 2.40. The highest BCUT2D eigenvalue weighted by Crippen LogP contribution is 2.63. The maximum atomic E-state index is 2.40. The van der Waals surface area contributed by atoms with Crippen LogP contribution in [-0.4, -0.2) is 0 Å². The van der Waals surface area contributed by atoms with Gasteiger partial charge in [-0.15, -0.1) is 0 Å². The van der Waals surface area contributed by atoms with Crippen molar-refractivity contribution in [2.45, 2.75) is 33.6 Å². The van der Waals surface area contributed by atoms with Gasteiger partial charge in [-0.3, -0.25) is 0 Å². The molecule has 3 saturated carbocycles. The molecule has 0 N–H and O–H groups in total. The van der Waals surface area contributed by atoms with E-state index < -0.39 is 0 Å². The molecule has 2 bridgehead atoms. The van der Waals surface area contributed by atoms with Crippen molar-refractivity contribution in [3.63, 3.8) is 0 Å². The maximum Gasteiger partial charge on any atom is -0.0318 e. The Bertz CT molecular complexity index is 67.0. The van der Waals surface area contributed by atoms with Gasteiger partial charge in [0.05, 0.1) is 0 Å². The van der Waals surface area contributed by atoms with Crippen molar-refractivity contribution in [3.8, 4) is 0 Å². The van der Waals surface area contributed by atoms with Gasteiger partial charge in [-0.2, -0.15) is 0 Å². The molecule has 0 saturated heterocycles. The molecule has 0 radical (unpaired) electrons. The Kier molecular flexibility index (Phi) is 0.765. The molecule has 0 aromatic heterocycles. The van der Waals surface area contributed by atoms with E-state index in [1.54, 1.807) is 19.3 Å². The highest BCUT2D eigenvalue weighted by molar-refractivity contribution is 5.03. The molecule has 3 aliphatic carbocycles. The second-order valence-electron chi connectivity index (χ2n) is 3.29. The SMILES string of the molecule is C.CC12CC(C1)C2. The summed E-state index contributed by atoms with van der Waals surface area (Å²) in [6.07, 6.45) is 4.65. The van der Waals surface area contributed by atoms with E-state index in [4.69, 9.17) is 0 Å². The quantitative estimate of drug-likeness (QED) is 0.436. The van der Waals surface area contributed by atoms with Gasteiger partial charge in [-0.25, -0.2) is 0 Å². The smallest absolute Gasteiger partial charge is 0.0318 e. The topological polar surface area (TPSA) is 0 Å². The van der Waals surface area contributed by atoms with Crippen LogP contribution in [0.5, 0.6) is 0 Å². The lowest BCUT2D eigenvalue weighted by Gasteiger charge is -2.60. The molecule has 0 heterocycles. The molecule has 42 valence electrons. The molecule has 0 nitrogen and oxygen atoms in total. The first kappa shape index (κ1) is 5.14. The normalized spacial score (nSPS) is 53.6. The molecule has 0 aromatic carbocycles. The van der Waals surface area contributed by atoms with E-state index in [2.05, 4.69) is 6.92 Å². The van der Waals surface area contributed by atoms with Crippen LogP contribution in [-0.2, 0) is 0 Å². The van der Waals surface area contributed by atoms with Gasteiger partial charge in [-0.05, 0) is 30.6 Å². The zero-order chi connectivity index (χ0) is 4.20. The lowest BCUT2D eigenvalue weighted by Crippen LogP contribution is -2.48. The fraction of sp³-hybridized carbons (Fsp3) is 1.00. The molecule has 0 heteroatoms. The van der Waals surface area contributed by atoms with Crippen molar-refractivity contribution in [1.82, 2.24) is 0 Å². The van der Waals surface area contributed by atoms with Crippen LogP contribution in [0.4, 0.5) is 0 Å².